The van der Waals surface area contributed by atoms with Crippen LogP contribution in [-0.2, 0) is 6.54 Å². The minimum Gasteiger partial charge on any atom is -0.306 e. The SMILES string of the molecule is Cc1ccccc1-n1c(SCCCn2c(=O)[nH]c3ccccc32)nnc1-c1cccnc1. The Balaban J connectivity index is 1.39. The molecule has 0 saturated heterocycles. The number of hydrogen-bond acceptors (Lipinski definition) is 5. The summed E-state index contributed by atoms with van der Waals surface area (Å²) in [6, 6.07) is 19.9. The summed E-state index contributed by atoms with van der Waals surface area (Å²) < 4.78 is 3.89. The van der Waals surface area contributed by atoms with E-state index in [9.17, 15) is 4.79 Å². The maximum Gasteiger partial charge on any atom is 0.326 e. The van der Waals surface area contributed by atoms with Gasteiger partial charge in [-0.05, 0) is 49.2 Å². The Labute approximate surface area is 189 Å². The minimum atomic E-state index is -0.0712. The highest BCUT2D eigenvalue weighted by molar-refractivity contribution is 7.99. The molecule has 0 amide bonds. The third-order valence-electron chi connectivity index (χ3n) is 5.35. The average molecular weight is 443 g/mol. The molecule has 0 atom stereocenters. The number of nitrogens with zero attached hydrogens (tertiary/aromatic N) is 5. The van der Waals surface area contributed by atoms with Gasteiger partial charge in [-0.2, -0.15) is 0 Å². The van der Waals surface area contributed by atoms with E-state index in [1.165, 1.54) is 0 Å². The minimum absolute atomic E-state index is 0.0712. The highest BCUT2D eigenvalue weighted by Crippen LogP contribution is 2.29. The number of hydrogen-bond donors (Lipinski definition) is 1. The van der Waals surface area contributed by atoms with Crippen LogP contribution in [0.2, 0.25) is 0 Å². The fourth-order valence-corrected chi connectivity index (χ4v) is 4.66. The molecule has 8 heteroatoms. The normalized spacial score (nSPS) is 11.3. The number of imidazole rings is 1. The molecule has 0 bridgehead atoms. The number of aryl methyl sites for hydroxylation is 2. The highest BCUT2D eigenvalue weighted by Gasteiger charge is 2.17. The number of para-hydroxylation sites is 3. The zero-order valence-corrected chi connectivity index (χ0v) is 18.4. The molecule has 0 radical (unpaired) electrons. The lowest BCUT2D eigenvalue weighted by Crippen LogP contribution is -2.17. The molecule has 160 valence electrons. The molecule has 0 aliphatic carbocycles. The number of thioether (sulfide) groups is 1. The largest absolute Gasteiger partial charge is 0.326 e. The summed E-state index contributed by atoms with van der Waals surface area (Å²) in [5.74, 6) is 1.57. The van der Waals surface area contributed by atoms with E-state index in [1.54, 1.807) is 28.7 Å². The van der Waals surface area contributed by atoms with Crippen LogP contribution in [0.15, 0.2) is 83.0 Å². The molecule has 3 aromatic heterocycles. The van der Waals surface area contributed by atoms with Crippen LogP contribution < -0.4 is 5.69 Å². The first-order valence-corrected chi connectivity index (χ1v) is 11.4. The molecule has 5 aromatic rings. The lowest BCUT2D eigenvalue weighted by atomic mass is 10.2. The summed E-state index contributed by atoms with van der Waals surface area (Å²) in [5.41, 5.74) is 4.84. The van der Waals surface area contributed by atoms with Crippen molar-refractivity contribution >= 4 is 22.8 Å². The molecule has 0 unspecified atom stereocenters. The first-order chi connectivity index (χ1) is 15.7. The Hall–Kier alpha value is -3.65. The van der Waals surface area contributed by atoms with Crippen LogP contribution >= 0.6 is 11.8 Å². The Morgan fingerprint density at radius 3 is 2.69 bits per heavy atom. The molecule has 0 spiro atoms. The van der Waals surface area contributed by atoms with Crippen LogP contribution in [0.1, 0.15) is 12.0 Å². The number of benzene rings is 2. The van der Waals surface area contributed by atoms with Gasteiger partial charge in [-0.25, -0.2) is 4.79 Å². The van der Waals surface area contributed by atoms with Crippen LogP contribution in [0.4, 0.5) is 0 Å². The van der Waals surface area contributed by atoms with Crippen molar-refractivity contribution in [2.45, 2.75) is 25.0 Å². The van der Waals surface area contributed by atoms with Gasteiger partial charge in [-0.1, -0.05) is 42.1 Å². The van der Waals surface area contributed by atoms with E-state index in [0.29, 0.717) is 6.54 Å². The summed E-state index contributed by atoms with van der Waals surface area (Å²) >= 11 is 1.64. The molecular formula is C24H22N6OS. The van der Waals surface area contributed by atoms with Crippen LogP contribution in [0.5, 0.6) is 0 Å². The van der Waals surface area contributed by atoms with Crippen molar-refractivity contribution in [3.63, 3.8) is 0 Å². The summed E-state index contributed by atoms with van der Waals surface area (Å²) in [4.78, 5) is 19.5. The van der Waals surface area contributed by atoms with Crippen molar-refractivity contribution < 1.29 is 0 Å². The third kappa shape index (κ3) is 3.85. The molecule has 1 N–H and O–H groups in total. The van der Waals surface area contributed by atoms with Gasteiger partial charge in [0.2, 0.25) is 0 Å². The zero-order valence-electron chi connectivity index (χ0n) is 17.6. The Bertz CT molecular complexity index is 1420. The molecular weight excluding hydrogens is 420 g/mol. The summed E-state index contributed by atoms with van der Waals surface area (Å²) in [6.45, 7) is 2.73. The van der Waals surface area contributed by atoms with Crippen molar-refractivity contribution in [3.8, 4) is 17.1 Å². The number of aromatic amines is 1. The Morgan fingerprint density at radius 2 is 1.84 bits per heavy atom. The van der Waals surface area contributed by atoms with Gasteiger partial charge in [-0.15, -0.1) is 10.2 Å². The van der Waals surface area contributed by atoms with Crippen molar-refractivity contribution in [3.05, 3.63) is 89.1 Å². The van der Waals surface area contributed by atoms with Gasteiger partial charge in [-0.3, -0.25) is 14.1 Å². The number of H-pyrrole nitrogens is 1. The van der Waals surface area contributed by atoms with Crippen molar-refractivity contribution in [1.82, 2.24) is 29.3 Å². The maximum atomic E-state index is 12.3. The summed E-state index contributed by atoms with van der Waals surface area (Å²) in [7, 11) is 0. The van der Waals surface area contributed by atoms with Crippen LogP contribution in [0.25, 0.3) is 28.1 Å². The van der Waals surface area contributed by atoms with Gasteiger partial charge >= 0.3 is 5.69 Å². The molecule has 32 heavy (non-hydrogen) atoms. The van der Waals surface area contributed by atoms with Gasteiger partial charge in [0.25, 0.3) is 0 Å². The van der Waals surface area contributed by atoms with Gasteiger partial charge in [0, 0.05) is 30.3 Å². The third-order valence-corrected chi connectivity index (χ3v) is 6.36. The number of rotatable bonds is 7. The second-order valence-corrected chi connectivity index (χ2v) is 8.53. The monoisotopic (exact) mass is 442 g/mol. The van der Waals surface area contributed by atoms with E-state index in [-0.39, 0.29) is 5.69 Å². The van der Waals surface area contributed by atoms with E-state index in [4.69, 9.17) is 0 Å². The van der Waals surface area contributed by atoms with Crippen molar-refractivity contribution in [1.29, 1.82) is 0 Å². The van der Waals surface area contributed by atoms with Crippen LogP contribution in [0, 0.1) is 6.92 Å². The fraction of sp³-hybridized carbons (Fsp3) is 0.167. The Kier molecular flexibility index (Phi) is 5.60. The summed E-state index contributed by atoms with van der Waals surface area (Å²) in [5, 5.41) is 9.79. The molecule has 2 aromatic carbocycles. The second kappa shape index (κ2) is 8.84. The number of nitrogens with one attached hydrogen (secondary N) is 1. The predicted octanol–water partition coefficient (Wildman–Crippen LogP) is 4.46. The zero-order chi connectivity index (χ0) is 21.9. The van der Waals surface area contributed by atoms with Crippen LogP contribution in [0.3, 0.4) is 0 Å². The number of aromatic nitrogens is 6. The average Bonchev–Trinajstić information content (AvgIpc) is 3.38. The van der Waals surface area contributed by atoms with Gasteiger partial charge in [0.05, 0.1) is 16.7 Å². The van der Waals surface area contributed by atoms with Gasteiger partial charge in [0.1, 0.15) is 0 Å². The molecule has 5 rings (SSSR count). The molecule has 0 aliphatic rings. The van der Waals surface area contributed by atoms with Crippen LogP contribution in [-0.4, -0.2) is 35.1 Å². The second-order valence-electron chi connectivity index (χ2n) is 7.47. The lowest BCUT2D eigenvalue weighted by molar-refractivity contribution is 0.678. The van der Waals surface area contributed by atoms with E-state index < -0.39 is 0 Å². The molecule has 0 fully saturated rings. The molecule has 3 heterocycles. The van der Waals surface area contributed by atoms with Gasteiger partial charge in [0.15, 0.2) is 11.0 Å². The molecule has 7 nitrogen and oxygen atoms in total. The van der Waals surface area contributed by atoms with E-state index in [0.717, 1.165) is 51.0 Å². The van der Waals surface area contributed by atoms with E-state index >= 15 is 0 Å². The Morgan fingerprint density at radius 1 is 1.00 bits per heavy atom. The molecule has 0 aliphatic heterocycles. The van der Waals surface area contributed by atoms with E-state index in [1.807, 2.05) is 48.5 Å². The van der Waals surface area contributed by atoms with Crippen molar-refractivity contribution in [2.24, 2.45) is 0 Å². The fourth-order valence-electron chi connectivity index (χ4n) is 3.79. The lowest BCUT2D eigenvalue weighted by Gasteiger charge is -2.12. The quantitative estimate of drug-likeness (QED) is 0.297. The standard InChI is InChI=1S/C24H22N6OS/c1-17-8-2-4-11-20(17)30-22(18-9-6-13-25-16-18)27-28-24(30)32-15-7-14-29-21-12-5-3-10-19(21)26-23(29)31/h2-6,8-13,16H,7,14-15H2,1H3,(H,26,31). The highest BCUT2D eigenvalue weighted by atomic mass is 32.2. The maximum absolute atomic E-state index is 12.3. The molecule has 0 saturated carbocycles. The van der Waals surface area contributed by atoms with E-state index in [2.05, 4.69) is 43.8 Å². The first-order valence-electron chi connectivity index (χ1n) is 10.4. The summed E-state index contributed by atoms with van der Waals surface area (Å²) in [6.07, 6.45) is 4.38. The van der Waals surface area contributed by atoms with Crippen molar-refractivity contribution in [2.75, 3.05) is 5.75 Å². The number of pyridine rings is 1. The topological polar surface area (TPSA) is 81.4 Å². The number of fused-ring (bicyclic) bond motifs is 1. The smallest absolute Gasteiger partial charge is 0.306 e. The first kappa shape index (κ1) is 20.3. The van der Waals surface area contributed by atoms with Gasteiger partial charge < -0.3 is 4.98 Å². The predicted molar refractivity (Wildman–Crippen MR) is 127 cm³/mol.